The fraction of sp³-hybridized carbons (Fsp3) is 0.263. The molecule has 0 fully saturated rings. The largest absolute Gasteiger partial charge is 0.497 e. The van der Waals surface area contributed by atoms with Crippen molar-refractivity contribution in [3.63, 3.8) is 0 Å². The van der Waals surface area contributed by atoms with E-state index in [0.717, 1.165) is 12.1 Å². The number of ether oxygens (including phenoxy) is 2. The summed E-state index contributed by atoms with van der Waals surface area (Å²) in [7, 11) is 1.51. The van der Waals surface area contributed by atoms with Gasteiger partial charge in [-0.2, -0.15) is 13.2 Å². The van der Waals surface area contributed by atoms with Gasteiger partial charge in [0, 0.05) is 5.56 Å². The summed E-state index contributed by atoms with van der Waals surface area (Å²) in [6.07, 6.45) is -4.45. The van der Waals surface area contributed by atoms with Crippen LogP contribution in [0.4, 0.5) is 13.2 Å². The summed E-state index contributed by atoms with van der Waals surface area (Å²) >= 11 is 0. The van der Waals surface area contributed by atoms with Crippen molar-refractivity contribution in [1.82, 2.24) is 10.6 Å². The zero-order chi connectivity index (χ0) is 20.6. The second-order valence-corrected chi connectivity index (χ2v) is 5.64. The van der Waals surface area contributed by atoms with Gasteiger partial charge in [0.1, 0.15) is 18.1 Å². The molecule has 6 nitrogen and oxygen atoms in total. The van der Waals surface area contributed by atoms with Gasteiger partial charge in [0.05, 0.1) is 25.8 Å². The minimum atomic E-state index is -4.45. The van der Waals surface area contributed by atoms with E-state index in [0.29, 0.717) is 11.3 Å². The SMILES string of the molecule is COc1ccc(C(=O)NCC(=O)NCCOc2cccc(C(F)(F)F)c2)cc1. The van der Waals surface area contributed by atoms with Gasteiger partial charge < -0.3 is 20.1 Å². The molecule has 0 radical (unpaired) electrons. The standard InChI is InChI=1S/C19H19F3N2O4/c1-27-15-7-5-13(6-8-15)18(26)24-12-17(25)23-9-10-28-16-4-2-3-14(11-16)19(20,21)22/h2-8,11H,9-10,12H2,1H3,(H,23,25)(H,24,26). The van der Waals surface area contributed by atoms with Crippen molar-refractivity contribution in [2.75, 3.05) is 26.8 Å². The molecule has 150 valence electrons. The molecule has 28 heavy (non-hydrogen) atoms. The van der Waals surface area contributed by atoms with Crippen LogP contribution in [0.5, 0.6) is 11.5 Å². The van der Waals surface area contributed by atoms with E-state index in [4.69, 9.17) is 9.47 Å². The number of hydrogen-bond donors (Lipinski definition) is 2. The molecule has 0 aliphatic rings. The lowest BCUT2D eigenvalue weighted by molar-refractivity contribution is -0.137. The number of carbonyl (C=O) groups excluding carboxylic acids is 2. The van der Waals surface area contributed by atoms with Gasteiger partial charge in [-0.15, -0.1) is 0 Å². The molecule has 0 atom stereocenters. The third-order valence-corrected chi connectivity index (χ3v) is 3.62. The van der Waals surface area contributed by atoms with Crippen LogP contribution in [0.15, 0.2) is 48.5 Å². The number of alkyl halides is 3. The summed E-state index contributed by atoms with van der Waals surface area (Å²) in [6.45, 7) is -0.179. The Labute approximate surface area is 159 Å². The second-order valence-electron chi connectivity index (χ2n) is 5.64. The lowest BCUT2D eigenvalue weighted by atomic mass is 10.2. The predicted molar refractivity (Wildman–Crippen MR) is 95.3 cm³/mol. The van der Waals surface area contributed by atoms with E-state index in [2.05, 4.69) is 10.6 Å². The van der Waals surface area contributed by atoms with Crippen molar-refractivity contribution in [3.8, 4) is 11.5 Å². The van der Waals surface area contributed by atoms with Gasteiger partial charge in [0.2, 0.25) is 5.91 Å². The van der Waals surface area contributed by atoms with Crippen molar-refractivity contribution in [1.29, 1.82) is 0 Å². The van der Waals surface area contributed by atoms with E-state index >= 15 is 0 Å². The van der Waals surface area contributed by atoms with Gasteiger partial charge in [-0.25, -0.2) is 0 Å². The fourth-order valence-electron chi connectivity index (χ4n) is 2.19. The van der Waals surface area contributed by atoms with Crippen LogP contribution >= 0.6 is 0 Å². The number of hydrogen-bond acceptors (Lipinski definition) is 4. The van der Waals surface area contributed by atoms with E-state index < -0.39 is 23.6 Å². The summed E-state index contributed by atoms with van der Waals surface area (Å²) in [4.78, 5) is 23.7. The topological polar surface area (TPSA) is 76.7 Å². The summed E-state index contributed by atoms with van der Waals surface area (Å²) in [5.41, 5.74) is -0.434. The van der Waals surface area contributed by atoms with Crippen LogP contribution in [-0.2, 0) is 11.0 Å². The summed E-state index contributed by atoms with van der Waals surface area (Å²) in [5.74, 6) is -0.209. The van der Waals surface area contributed by atoms with Crippen molar-refractivity contribution in [2.24, 2.45) is 0 Å². The number of nitrogens with one attached hydrogen (secondary N) is 2. The molecule has 0 bridgehead atoms. The number of benzene rings is 2. The van der Waals surface area contributed by atoms with E-state index in [1.807, 2.05) is 0 Å². The highest BCUT2D eigenvalue weighted by molar-refractivity contribution is 5.96. The molecule has 2 N–H and O–H groups in total. The molecule has 0 unspecified atom stereocenters. The molecule has 0 aromatic heterocycles. The number of rotatable bonds is 8. The highest BCUT2D eigenvalue weighted by Gasteiger charge is 2.30. The Hall–Kier alpha value is -3.23. The summed E-state index contributed by atoms with van der Waals surface area (Å²) in [5, 5.41) is 4.96. The average Bonchev–Trinajstić information content (AvgIpc) is 2.69. The Kier molecular flexibility index (Phi) is 7.25. The maximum absolute atomic E-state index is 12.6. The van der Waals surface area contributed by atoms with Gasteiger partial charge in [-0.3, -0.25) is 9.59 Å². The Morgan fingerprint density at radius 1 is 1.00 bits per heavy atom. The predicted octanol–water partition coefficient (Wildman–Crippen LogP) is 2.64. The Morgan fingerprint density at radius 3 is 2.36 bits per heavy atom. The number of amides is 2. The molecule has 0 saturated heterocycles. The smallest absolute Gasteiger partial charge is 0.416 e. The lowest BCUT2D eigenvalue weighted by Crippen LogP contribution is -2.38. The zero-order valence-corrected chi connectivity index (χ0v) is 15.0. The normalized spacial score (nSPS) is 10.9. The first-order valence-electron chi connectivity index (χ1n) is 8.28. The lowest BCUT2D eigenvalue weighted by Gasteiger charge is -2.11. The first-order valence-corrected chi connectivity index (χ1v) is 8.28. The number of methoxy groups -OCH3 is 1. The van der Waals surface area contributed by atoms with Gasteiger partial charge in [-0.1, -0.05) is 6.07 Å². The van der Waals surface area contributed by atoms with Crippen LogP contribution in [-0.4, -0.2) is 38.6 Å². The third-order valence-electron chi connectivity index (χ3n) is 3.62. The van der Waals surface area contributed by atoms with E-state index in [1.54, 1.807) is 24.3 Å². The molecule has 0 spiro atoms. The van der Waals surface area contributed by atoms with Crippen LogP contribution in [0.3, 0.4) is 0 Å². The molecule has 2 aromatic rings. The highest BCUT2D eigenvalue weighted by atomic mass is 19.4. The van der Waals surface area contributed by atoms with Crippen LogP contribution < -0.4 is 20.1 Å². The molecule has 9 heteroatoms. The fourth-order valence-corrected chi connectivity index (χ4v) is 2.19. The number of halogens is 3. The molecule has 0 aliphatic carbocycles. The van der Waals surface area contributed by atoms with Gasteiger partial charge in [0.15, 0.2) is 0 Å². The van der Waals surface area contributed by atoms with Crippen molar-refractivity contribution < 1.29 is 32.2 Å². The summed E-state index contributed by atoms with van der Waals surface area (Å²) in [6, 6.07) is 10.8. The van der Waals surface area contributed by atoms with Crippen LogP contribution in [0.1, 0.15) is 15.9 Å². The third kappa shape index (κ3) is 6.49. The molecule has 2 amide bonds. The van der Waals surface area contributed by atoms with Crippen LogP contribution in [0, 0.1) is 0 Å². The first-order chi connectivity index (χ1) is 13.3. The molecule has 0 saturated carbocycles. The van der Waals surface area contributed by atoms with E-state index in [1.165, 1.54) is 19.2 Å². The van der Waals surface area contributed by atoms with Crippen molar-refractivity contribution >= 4 is 11.8 Å². The van der Waals surface area contributed by atoms with Gasteiger partial charge in [-0.05, 0) is 42.5 Å². The Morgan fingerprint density at radius 2 is 1.71 bits per heavy atom. The average molecular weight is 396 g/mol. The van der Waals surface area contributed by atoms with E-state index in [9.17, 15) is 22.8 Å². The monoisotopic (exact) mass is 396 g/mol. The number of carbonyl (C=O) groups is 2. The molecule has 2 aromatic carbocycles. The molecule has 2 rings (SSSR count). The van der Waals surface area contributed by atoms with Crippen LogP contribution in [0.25, 0.3) is 0 Å². The van der Waals surface area contributed by atoms with Gasteiger partial charge >= 0.3 is 6.18 Å². The highest BCUT2D eigenvalue weighted by Crippen LogP contribution is 2.31. The zero-order valence-electron chi connectivity index (χ0n) is 15.0. The van der Waals surface area contributed by atoms with E-state index in [-0.39, 0.29) is 25.4 Å². The maximum Gasteiger partial charge on any atom is 0.416 e. The first kappa shape index (κ1) is 21.1. The van der Waals surface area contributed by atoms with Crippen molar-refractivity contribution in [3.05, 3.63) is 59.7 Å². The molecular formula is C19H19F3N2O4. The molecule has 0 aliphatic heterocycles. The quantitative estimate of drug-likeness (QED) is 0.673. The second kappa shape index (κ2) is 9.63. The van der Waals surface area contributed by atoms with Crippen molar-refractivity contribution in [2.45, 2.75) is 6.18 Å². The van der Waals surface area contributed by atoms with Gasteiger partial charge in [0.25, 0.3) is 5.91 Å². The summed E-state index contributed by atoms with van der Waals surface area (Å²) < 4.78 is 48.0. The molecule has 0 heterocycles. The Balaban J connectivity index is 1.69. The van der Waals surface area contributed by atoms with Crippen LogP contribution in [0.2, 0.25) is 0 Å². The minimum absolute atomic E-state index is 0.0144. The maximum atomic E-state index is 12.6. The Bertz CT molecular complexity index is 808. The molecular weight excluding hydrogens is 377 g/mol. The minimum Gasteiger partial charge on any atom is -0.497 e.